The molecule has 0 N–H and O–H groups in total. The number of ether oxygens (including phenoxy) is 1. The fourth-order valence-electron chi connectivity index (χ4n) is 3.67. The van der Waals surface area contributed by atoms with Gasteiger partial charge < -0.3 is 14.2 Å². The highest BCUT2D eigenvalue weighted by Gasteiger charge is 2.24. The minimum Gasteiger partial charge on any atom is -0.462 e. The Balaban J connectivity index is 1.53. The van der Waals surface area contributed by atoms with E-state index in [4.69, 9.17) is 4.74 Å². The standard InChI is InChI=1S/C22H23N3O3S/c1-3-24-19-10-9-16(21(27)28-4-2)13-17(19)23-22(24)29-14-20(26)25-12-11-15-7-5-6-8-18(15)25/h5-10,13H,3-4,11-12,14H2,1-2H3. The number of fused-ring (bicyclic) bond motifs is 2. The van der Waals surface area contributed by atoms with Crippen molar-refractivity contribution in [3.8, 4) is 0 Å². The van der Waals surface area contributed by atoms with E-state index >= 15 is 0 Å². The second-order valence-corrected chi connectivity index (χ2v) is 7.72. The van der Waals surface area contributed by atoms with Crippen molar-refractivity contribution in [3.05, 3.63) is 53.6 Å². The quantitative estimate of drug-likeness (QED) is 0.456. The molecule has 29 heavy (non-hydrogen) atoms. The van der Waals surface area contributed by atoms with Crippen molar-refractivity contribution in [1.29, 1.82) is 0 Å². The van der Waals surface area contributed by atoms with Gasteiger partial charge in [0.25, 0.3) is 0 Å². The number of imidazole rings is 1. The van der Waals surface area contributed by atoms with E-state index in [1.165, 1.54) is 17.3 Å². The summed E-state index contributed by atoms with van der Waals surface area (Å²) in [6.07, 6.45) is 0.899. The van der Waals surface area contributed by atoms with Gasteiger partial charge in [-0.3, -0.25) is 4.79 Å². The Kier molecular flexibility index (Phi) is 5.58. The van der Waals surface area contributed by atoms with E-state index in [0.717, 1.165) is 41.4 Å². The molecule has 0 saturated heterocycles. The Morgan fingerprint density at radius 2 is 2.00 bits per heavy atom. The van der Waals surface area contributed by atoms with Crippen LogP contribution in [0.3, 0.4) is 0 Å². The van der Waals surface area contributed by atoms with Crippen LogP contribution in [0.4, 0.5) is 5.69 Å². The number of carbonyl (C=O) groups excluding carboxylic acids is 2. The maximum atomic E-state index is 12.8. The van der Waals surface area contributed by atoms with E-state index in [1.807, 2.05) is 36.1 Å². The van der Waals surface area contributed by atoms with Gasteiger partial charge in [0, 0.05) is 18.8 Å². The first-order valence-corrected chi connectivity index (χ1v) is 10.8. The molecule has 1 aromatic heterocycles. The lowest BCUT2D eigenvalue weighted by atomic mass is 10.2. The van der Waals surface area contributed by atoms with Crippen LogP contribution in [0.5, 0.6) is 0 Å². The lowest BCUT2D eigenvalue weighted by Gasteiger charge is -2.17. The fourth-order valence-corrected chi connectivity index (χ4v) is 4.62. The number of hydrogen-bond acceptors (Lipinski definition) is 5. The van der Waals surface area contributed by atoms with E-state index in [-0.39, 0.29) is 11.9 Å². The molecule has 0 unspecified atom stereocenters. The van der Waals surface area contributed by atoms with Gasteiger partial charge >= 0.3 is 5.97 Å². The summed E-state index contributed by atoms with van der Waals surface area (Å²) < 4.78 is 7.15. The van der Waals surface area contributed by atoms with Gasteiger partial charge in [-0.05, 0) is 50.1 Å². The van der Waals surface area contributed by atoms with Crippen LogP contribution in [0.2, 0.25) is 0 Å². The summed E-state index contributed by atoms with van der Waals surface area (Å²) in [7, 11) is 0. The van der Waals surface area contributed by atoms with E-state index in [0.29, 0.717) is 17.9 Å². The first-order valence-electron chi connectivity index (χ1n) is 9.80. The average Bonchev–Trinajstić information content (AvgIpc) is 3.32. The summed E-state index contributed by atoms with van der Waals surface area (Å²) in [5, 5.41) is 0.782. The van der Waals surface area contributed by atoms with E-state index in [9.17, 15) is 9.59 Å². The van der Waals surface area contributed by atoms with Crippen LogP contribution in [0, 0.1) is 0 Å². The minimum absolute atomic E-state index is 0.0851. The molecular weight excluding hydrogens is 386 g/mol. The zero-order valence-corrected chi connectivity index (χ0v) is 17.4. The number of para-hydroxylation sites is 1. The van der Waals surface area contributed by atoms with Gasteiger partial charge in [-0.15, -0.1) is 0 Å². The first kappa shape index (κ1) is 19.5. The molecule has 1 aliphatic heterocycles. The number of anilines is 1. The monoisotopic (exact) mass is 409 g/mol. The zero-order chi connectivity index (χ0) is 20.4. The fraction of sp³-hybridized carbons (Fsp3) is 0.318. The molecule has 0 fully saturated rings. The Morgan fingerprint density at radius 1 is 1.17 bits per heavy atom. The molecule has 0 atom stereocenters. The number of esters is 1. The van der Waals surface area contributed by atoms with Crippen LogP contribution in [-0.2, 0) is 22.5 Å². The van der Waals surface area contributed by atoms with Crippen LogP contribution < -0.4 is 4.90 Å². The number of thioether (sulfide) groups is 1. The highest BCUT2D eigenvalue weighted by Crippen LogP contribution is 2.30. The van der Waals surface area contributed by atoms with Crippen molar-refractivity contribution in [2.75, 3.05) is 23.8 Å². The Bertz CT molecular complexity index is 1080. The van der Waals surface area contributed by atoms with Crippen LogP contribution >= 0.6 is 11.8 Å². The van der Waals surface area contributed by atoms with Crippen LogP contribution in [0.15, 0.2) is 47.6 Å². The molecule has 2 aromatic carbocycles. The molecule has 0 bridgehead atoms. The third kappa shape index (κ3) is 3.74. The Hall–Kier alpha value is -2.80. The van der Waals surface area contributed by atoms with Gasteiger partial charge in [0.2, 0.25) is 5.91 Å². The lowest BCUT2D eigenvalue weighted by Crippen LogP contribution is -2.30. The molecule has 2 heterocycles. The van der Waals surface area contributed by atoms with Crippen molar-refractivity contribution in [2.45, 2.75) is 32.0 Å². The molecule has 150 valence electrons. The highest BCUT2D eigenvalue weighted by molar-refractivity contribution is 7.99. The summed E-state index contributed by atoms with van der Waals surface area (Å²) in [5.74, 6) is 0.0574. The SMILES string of the molecule is CCOC(=O)c1ccc2c(c1)nc(SCC(=O)N1CCc3ccccc31)n2CC. The molecule has 0 saturated carbocycles. The molecule has 0 aliphatic carbocycles. The molecular formula is C22H23N3O3S. The number of benzene rings is 2. The lowest BCUT2D eigenvalue weighted by molar-refractivity contribution is -0.116. The molecule has 1 aliphatic rings. The number of nitrogens with zero attached hydrogens (tertiary/aromatic N) is 3. The second-order valence-electron chi connectivity index (χ2n) is 6.78. The maximum Gasteiger partial charge on any atom is 0.338 e. The summed E-state index contributed by atoms with van der Waals surface area (Å²) in [5.41, 5.74) is 4.40. The minimum atomic E-state index is -0.350. The zero-order valence-electron chi connectivity index (χ0n) is 16.6. The maximum absolute atomic E-state index is 12.8. The highest BCUT2D eigenvalue weighted by atomic mass is 32.2. The van der Waals surface area contributed by atoms with Gasteiger partial charge in [0.1, 0.15) is 0 Å². The molecule has 0 radical (unpaired) electrons. The number of hydrogen-bond donors (Lipinski definition) is 0. The van der Waals surface area contributed by atoms with Gasteiger partial charge in [-0.25, -0.2) is 9.78 Å². The number of carbonyl (C=O) groups is 2. The molecule has 1 amide bonds. The van der Waals surface area contributed by atoms with Crippen molar-refractivity contribution in [1.82, 2.24) is 9.55 Å². The average molecular weight is 410 g/mol. The topological polar surface area (TPSA) is 64.4 Å². The van der Waals surface area contributed by atoms with Crippen LogP contribution in [0.1, 0.15) is 29.8 Å². The van der Waals surface area contributed by atoms with E-state index in [2.05, 4.69) is 15.6 Å². The van der Waals surface area contributed by atoms with Crippen LogP contribution in [0.25, 0.3) is 11.0 Å². The summed E-state index contributed by atoms with van der Waals surface area (Å²) in [6, 6.07) is 13.5. The number of aryl methyl sites for hydroxylation is 1. The van der Waals surface area contributed by atoms with Crippen LogP contribution in [-0.4, -0.2) is 40.3 Å². The molecule has 0 spiro atoms. The third-order valence-corrected chi connectivity index (χ3v) is 6.01. The smallest absolute Gasteiger partial charge is 0.338 e. The summed E-state index contributed by atoms with van der Waals surface area (Å²) in [6.45, 7) is 5.63. The van der Waals surface area contributed by atoms with Gasteiger partial charge in [0.05, 0.1) is 29.0 Å². The summed E-state index contributed by atoms with van der Waals surface area (Å²) in [4.78, 5) is 31.4. The third-order valence-electron chi connectivity index (χ3n) is 5.05. The number of aromatic nitrogens is 2. The normalized spacial score (nSPS) is 13.0. The van der Waals surface area contributed by atoms with Crippen molar-refractivity contribution < 1.29 is 14.3 Å². The summed E-state index contributed by atoms with van der Waals surface area (Å²) >= 11 is 1.44. The molecule has 3 aromatic rings. The number of amides is 1. The number of rotatable bonds is 6. The largest absolute Gasteiger partial charge is 0.462 e. The van der Waals surface area contributed by atoms with E-state index in [1.54, 1.807) is 19.1 Å². The van der Waals surface area contributed by atoms with Gasteiger partial charge in [-0.2, -0.15) is 0 Å². The van der Waals surface area contributed by atoms with E-state index < -0.39 is 0 Å². The predicted molar refractivity (Wildman–Crippen MR) is 115 cm³/mol. The first-order chi connectivity index (χ1) is 14.1. The van der Waals surface area contributed by atoms with Crippen molar-refractivity contribution >= 4 is 40.4 Å². The predicted octanol–water partition coefficient (Wildman–Crippen LogP) is 3.91. The molecule has 4 rings (SSSR count). The van der Waals surface area contributed by atoms with Crippen molar-refractivity contribution in [2.24, 2.45) is 0 Å². The Morgan fingerprint density at radius 3 is 2.79 bits per heavy atom. The molecule has 7 heteroatoms. The second kappa shape index (κ2) is 8.29. The Labute approximate surface area is 173 Å². The van der Waals surface area contributed by atoms with Crippen molar-refractivity contribution in [3.63, 3.8) is 0 Å². The molecule has 6 nitrogen and oxygen atoms in total. The van der Waals surface area contributed by atoms with Gasteiger partial charge in [0.15, 0.2) is 5.16 Å². The van der Waals surface area contributed by atoms with Gasteiger partial charge in [-0.1, -0.05) is 30.0 Å².